The molecule has 0 atom stereocenters. The molecular weight excluding hydrogens is 232 g/mol. The molecule has 0 saturated heterocycles. The van der Waals surface area contributed by atoms with Crippen LogP contribution in [-0.2, 0) is 19.1 Å². The van der Waals surface area contributed by atoms with Crippen LogP contribution in [0.25, 0.3) is 0 Å². The largest absolute Gasteiger partial charge is 0.469 e. The van der Waals surface area contributed by atoms with E-state index in [2.05, 4.69) is 0 Å². The van der Waals surface area contributed by atoms with Gasteiger partial charge in [-0.25, -0.2) is 0 Å². The highest BCUT2D eigenvalue weighted by molar-refractivity contribution is 5.72. The van der Waals surface area contributed by atoms with Gasteiger partial charge in [-0.2, -0.15) is 0 Å². The van der Waals surface area contributed by atoms with Crippen molar-refractivity contribution in [1.82, 2.24) is 0 Å². The first kappa shape index (κ1) is 15.0. The van der Waals surface area contributed by atoms with Crippen LogP contribution in [0, 0.1) is 11.8 Å². The van der Waals surface area contributed by atoms with Crippen LogP contribution in [0.15, 0.2) is 0 Å². The summed E-state index contributed by atoms with van der Waals surface area (Å²) < 4.78 is 10.0. The Labute approximate surface area is 109 Å². The van der Waals surface area contributed by atoms with Gasteiger partial charge in [-0.1, -0.05) is 0 Å². The molecule has 0 amide bonds. The number of carbonyl (C=O) groups excluding carboxylic acids is 2. The van der Waals surface area contributed by atoms with Crippen molar-refractivity contribution < 1.29 is 19.1 Å². The molecule has 0 aliphatic heterocycles. The van der Waals surface area contributed by atoms with Gasteiger partial charge in [0.05, 0.1) is 13.0 Å². The highest BCUT2D eigenvalue weighted by Crippen LogP contribution is 2.32. The zero-order chi connectivity index (χ0) is 13.8. The molecule has 104 valence electrons. The maximum atomic E-state index is 11.7. The van der Waals surface area contributed by atoms with Crippen LogP contribution < -0.4 is 0 Å². The summed E-state index contributed by atoms with van der Waals surface area (Å²) in [5.74, 6) is 0.111. The van der Waals surface area contributed by atoms with Crippen molar-refractivity contribution in [3.63, 3.8) is 0 Å². The molecule has 0 aromatic heterocycles. The van der Waals surface area contributed by atoms with Crippen molar-refractivity contribution in [2.45, 2.75) is 58.5 Å². The van der Waals surface area contributed by atoms with Crippen LogP contribution >= 0.6 is 0 Å². The van der Waals surface area contributed by atoms with E-state index in [0.29, 0.717) is 12.3 Å². The first-order valence-electron chi connectivity index (χ1n) is 6.61. The summed E-state index contributed by atoms with van der Waals surface area (Å²) in [6.45, 7) is 5.62. The second kappa shape index (κ2) is 6.21. The highest BCUT2D eigenvalue weighted by Gasteiger charge is 2.29. The smallest absolute Gasteiger partial charge is 0.308 e. The van der Waals surface area contributed by atoms with Gasteiger partial charge in [0.25, 0.3) is 0 Å². The van der Waals surface area contributed by atoms with Crippen molar-refractivity contribution in [1.29, 1.82) is 0 Å². The predicted molar refractivity (Wildman–Crippen MR) is 67.9 cm³/mol. The van der Waals surface area contributed by atoms with Crippen LogP contribution in [0.5, 0.6) is 0 Å². The van der Waals surface area contributed by atoms with Gasteiger partial charge in [0.2, 0.25) is 0 Å². The van der Waals surface area contributed by atoms with Crippen molar-refractivity contribution in [2.75, 3.05) is 7.11 Å². The third-order valence-electron chi connectivity index (χ3n) is 3.26. The van der Waals surface area contributed by atoms with Crippen molar-refractivity contribution in [3.05, 3.63) is 0 Å². The number of hydrogen-bond donors (Lipinski definition) is 0. The van der Waals surface area contributed by atoms with Gasteiger partial charge in [-0.3, -0.25) is 9.59 Å². The minimum atomic E-state index is -0.416. The summed E-state index contributed by atoms with van der Waals surface area (Å²) >= 11 is 0. The van der Waals surface area contributed by atoms with E-state index in [1.807, 2.05) is 20.8 Å². The van der Waals surface area contributed by atoms with Gasteiger partial charge in [0.1, 0.15) is 5.60 Å². The van der Waals surface area contributed by atoms with Crippen molar-refractivity contribution >= 4 is 11.9 Å². The Morgan fingerprint density at radius 2 is 1.67 bits per heavy atom. The average molecular weight is 256 g/mol. The second-order valence-corrected chi connectivity index (χ2v) is 6.03. The molecule has 1 saturated carbocycles. The number of carbonyl (C=O) groups is 2. The quantitative estimate of drug-likeness (QED) is 0.728. The molecule has 0 N–H and O–H groups in total. The maximum absolute atomic E-state index is 11.7. The van der Waals surface area contributed by atoms with Crippen molar-refractivity contribution in [3.8, 4) is 0 Å². The molecule has 0 heterocycles. The zero-order valence-electron chi connectivity index (χ0n) is 11.8. The van der Waals surface area contributed by atoms with Gasteiger partial charge in [-0.05, 0) is 52.4 Å². The third kappa shape index (κ3) is 5.07. The van der Waals surface area contributed by atoms with E-state index in [1.54, 1.807) is 0 Å². The number of ether oxygens (including phenoxy) is 2. The van der Waals surface area contributed by atoms with E-state index < -0.39 is 5.60 Å². The number of methoxy groups -OCH3 is 1. The van der Waals surface area contributed by atoms with E-state index in [0.717, 1.165) is 25.7 Å². The Hall–Kier alpha value is -1.06. The SMILES string of the molecule is COC(=O)[C@H]1CC[C@H](CC(=O)OC(C)(C)C)CC1. The van der Waals surface area contributed by atoms with Gasteiger partial charge < -0.3 is 9.47 Å². The molecule has 0 aromatic carbocycles. The van der Waals surface area contributed by atoms with Gasteiger partial charge in [0, 0.05) is 6.42 Å². The molecule has 0 bridgehead atoms. The lowest BCUT2D eigenvalue weighted by Gasteiger charge is -2.27. The topological polar surface area (TPSA) is 52.6 Å². The molecule has 0 spiro atoms. The molecular formula is C14H24O4. The summed E-state index contributed by atoms with van der Waals surface area (Å²) in [5.41, 5.74) is -0.416. The lowest BCUT2D eigenvalue weighted by Crippen LogP contribution is -2.28. The second-order valence-electron chi connectivity index (χ2n) is 6.03. The van der Waals surface area contributed by atoms with E-state index in [1.165, 1.54) is 7.11 Å². The molecule has 4 nitrogen and oxygen atoms in total. The first-order chi connectivity index (χ1) is 8.31. The fourth-order valence-electron chi connectivity index (χ4n) is 2.39. The fourth-order valence-corrected chi connectivity index (χ4v) is 2.39. The average Bonchev–Trinajstić information content (AvgIpc) is 2.26. The summed E-state index contributed by atoms with van der Waals surface area (Å²) in [4.78, 5) is 23.1. The highest BCUT2D eigenvalue weighted by atomic mass is 16.6. The van der Waals surface area contributed by atoms with Crippen LogP contribution in [0.3, 0.4) is 0 Å². The standard InChI is InChI=1S/C14H24O4/c1-14(2,3)18-12(15)9-10-5-7-11(8-6-10)13(16)17-4/h10-11H,5-9H2,1-4H3/t10-,11-. The fraction of sp³-hybridized carbons (Fsp3) is 0.857. The molecule has 4 heteroatoms. The summed E-state index contributed by atoms with van der Waals surface area (Å²) in [5, 5.41) is 0. The Balaban J connectivity index is 2.31. The minimum Gasteiger partial charge on any atom is -0.469 e. The van der Waals surface area contributed by atoms with Crippen molar-refractivity contribution in [2.24, 2.45) is 11.8 Å². The van der Waals surface area contributed by atoms with Crippen LogP contribution in [0.2, 0.25) is 0 Å². The molecule has 1 aliphatic rings. The molecule has 0 unspecified atom stereocenters. The Bertz CT molecular complexity index is 295. The monoisotopic (exact) mass is 256 g/mol. The number of rotatable bonds is 3. The molecule has 1 fully saturated rings. The number of esters is 2. The van der Waals surface area contributed by atoms with Gasteiger partial charge >= 0.3 is 11.9 Å². The normalized spacial score (nSPS) is 24.4. The van der Waals surface area contributed by atoms with Crippen LogP contribution in [0.4, 0.5) is 0 Å². The van der Waals surface area contributed by atoms with E-state index in [4.69, 9.17) is 9.47 Å². The molecule has 0 aromatic rings. The molecule has 1 aliphatic carbocycles. The summed E-state index contributed by atoms with van der Waals surface area (Å²) in [7, 11) is 1.43. The van der Waals surface area contributed by atoms with Crippen LogP contribution in [-0.4, -0.2) is 24.6 Å². The molecule has 18 heavy (non-hydrogen) atoms. The molecule has 1 rings (SSSR count). The Morgan fingerprint density at radius 3 is 2.11 bits per heavy atom. The van der Waals surface area contributed by atoms with E-state index in [9.17, 15) is 9.59 Å². The Kier molecular flexibility index (Phi) is 5.17. The summed E-state index contributed by atoms with van der Waals surface area (Å²) in [6, 6.07) is 0. The lowest BCUT2D eigenvalue weighted by atomic mass is 9.80. The van der Waals surface area contributed by atoms with Gasteiger partial charge in [0.15, 0.2) is 0 Å². The van der Waals surface area contributed by atoms with Crippen LogP contribution in [0.1, 0.15) is 52.9 Å². The number of hydrogen-bond acceptors (Lipinski definition) is 4. The maximum Gasteiger partial charge on any atom is 0.308 e. The minimum absolute atomic E-state index is 0.0184. The zero-order valence-corrected chi connectivity index (χ0v) is 11.8. The van der Waals surface area contributed by atoms with E-state index >= 15 is 0 Å². The van der Waals surface area contributed by atoms with Gasteiger partial charge in [-0.15, -0.1) is 0 Å². The predicted octanol–water partition coefficient (Wildman–Crippen LogP) is 2.70. The molecule has 0 radical (unpaired) electrons. The lowest BCUT2D eigenvalue weighted by molar-refractivity contribution is -0.156. The van der Waals surface area contributed by atoms with E-state index in [-0.39, 0.29) is 17.9 Å². The third-order valence-corrected chi connectivity index (χ3v) is 3.26. The summed E-state index contributed by atoms with van der Waals surface area (Å²) in [6.07, 6.45) is 3.91. The Morgan fingerprint density at radius 1 is 1.11 bits per heavy atom. The first-order valence-corrected chi connectivity index (χ1v) is 6.61.